The molecule has 0 spiro atoms. The standard InChI is InChI=1S/C67H79B2N5O11S2/c1-49(2)65(75)70-38-15-39-71(47-55-18-7-11-22-59(55)68(76)77)44-50-26-28-51(29-27-50)45-72(48-56-19-8-12-23-60(56)69(78)79)46-52-30-32-53(33-31-52)54(34-36-63-66(3,4)57-20-9-13-24-61(57)73(63)40-16-42-86(80,81)82)35-37-64-67(5,6)58-21-10-14-25-62(58)74(64)41-17-43-87(83,84)85/h7-14,18-37,76-79H,1,15-17,38-48H2,2-6H3,(H2-,70,75,80,81,82,83,84,85). The van der Waals surface area contributed by atoms with Gasteiger partial charge in [0.05, 0.1) is 21.3 Å². The molecule has 0 fully saturated rings. The Kier molecular flexibility index (Phi) is 21.8. The van der Waals surface area contributed by atoms with E-state index in [1.54, 1.807) is 31.2 Å². The summed E-state index contributed by atoms with van der Waals surface area (Å²) in [6.07, 6.45) is 9.23. The van der Waals surface area contributed by atoms with Gasteiger partial charge in [0, 0.05) is 105 Å². The molecule has 2 aliphatic heterocycles. The highest BCUT2D eigenvalue weighted by atomic mass is 32.2. The predicted molar refractivity (Wildman–Crippen MR) is 346 cm³/mol. The second-order valence-corrected chi connectivity index (χ2v) is 26.7. The zero-order chi connectivity index (χ0) is 62.7. The minimum atomic E-state index is -4.45. The summed E-state index contributed by atoms with van der Waals surface area (Å²) in [5, 5.41) is 44.2. The summed E-state index contributed by atoms with van der Waals surface area (Å²) in [5.41, 5.74) is 12.4. The van der Waals surface area contributed by atoms with Crippen molar-refractivity contribution in [3.63, 3.8) is 0 Å². The molecule has 6 aromatic carbocycles. The lowest BCUT2D eigenvalue weighted by Gasteiger charge is -2.27. The number of nitrogens with zero attached hydrogens (tertiary/aromatic N) is 4. The van der Waals surface area contributed by atoms with Crippen molar-refractivity contribution < 1.29 is 55.4 Å². The Hall–Kier alpha value is -7.07. The molecule has 2 heterocycles. The molecule has 8 rings (SSSR count). The fourth-order valence-electron chi connectivity index (χ4n) is 11.9. The third kappa shape index (κ3) is 17.4. The van der Waals surface area contributed by atoms with Gasteiger partial charge in [-0.1, -0.05) is 160 Å². The first-order chi connectivity index (χ1) is 41.3. The number of hydrogen-bond acceptors (Lipinski definition) is 13. The van der Waals surface area contributed by atoms with E-state index in [1.165, 1.54) is 0 Å². The number of anilines is 1. The maximum absolute atomic E-state index is 12.2. The molecule has 6 N–H and O–H groups in total. The van der Waals surface area contributed by atoms with Crippen LogP contribution in [0.1, 0.15) is 98.4 Å². The maximum Gasteiger partial charge on any atom is 0.488 e. The molecule has 0 aliphatic carbocycles. The lowest BCUT2D eigenvalue weighted by Crippen LogP contribution is -2.36. The van der Waals surface area contributed by atoms with E-state index in [4.69, 9.17) is 0 Å². The number of para-hydroxylation sites is 2. The van der Waals surface area contributed by atoms with E-state index < -0.39 is 51.1 Å². The monoisotopic (exact) mass is 1220 g/mol. The van der Waals surface area contributed by atoms with Crippen LogP contribution < -0.4 is 21.1 Å². The molecule has 0 atom stereocenters. The van der Waals surface area contributed by atoms with Crippen molar-refractivity contribution in [2.24, 2.45) is 0 Å². The van der Waals surface area contributed by atoms with Gasteiger partial charge < -0.3 is 34.9 Å². The molecule has 0 unspecified atom stereocenters. The van der Waals surface area contributed by atoms with Crippen LogP contribution in [0.25, 0.3) is 5.57 Å². The number of benzene rings is 6. The van der Waals surface area contributed by atoms with Crippen LogP contribution in [0.2, 0.25) is 0 Å². The quantitative estimate of drug-likeness (QED) is 0.00679. The maximum atomic E-state index is 12.2. The first-order valence-electron chi connectivity index (χ1n) is 29.3. The Bertz CT molecular complexity index is 3790. The van der Waals surface area contributed by atoms with Crippen molar-refractivity contribution in [2.75, 3.05) is 42.6 Å². The Morgan fingerprint density at radius 1 is 0.667 bits per heavy atom. The van der Waals surface area contributed by atoms with Crippen molar-refractivity contribution in [1.29, 1.82) is 0 Å². The minimum Gasteiger partial charge on any atom is -0.748 e. The van der Waals surface area contributed by atoms with Gasteiger partial charge in [0.2, 0.25) is 11.6 Å². The summed E-state index contributed by atoms with van der Waals surface area (Å²) in [6, 6.07) is 47.1. The van der Waals surface area contributed by atoms with Crippen molar-refractivity contribution in [3.8, 4) is 0 Å². The molecule has 0 bridgehead atoms. The number of rotatable bonds is 29. The number of carbonyl (C=O) groups excluding carboxylic acids is 1. The van der Waals surface area contributed by atoms with Crippen molar-refractivity contribution in [3.05, 3.63) is 232 Å². The molecule has 0 saturated carbocycles. The summed E-state index contributed by atoms with van der Waals surface area (Å²) in [7, 11) is -12.0. The van der Waals surface area contributed by atoms with Gasteiger partial charge in [-0.2, -0.15) is 13.0 Å². The van der Waals surface area contributed by atoms with Crippen LogP contribution in [-0.2, 0) is 68.6 Å². The zero-order valence-electron chi connectivity index (χ0n) is 50.2. The van der Waals surface area contributed by atoms with E-state index in [-0.39, 0.29) is 24.5 Å². The van der Waals surface area contributed by atoms with Crippen LogP contribution in [0.4, 0.5) is 11.4 Å². The van der Waals surface area contributed by atoms with E-state index in [0.29, 0.717) is 81.8 Å². The van der Waals surface area contributed by atoms with Crippen LogP contribution in [-0.4, -0.2) is 124 Å². The molecule has 0 aromatic heterocycles. The second kappa shape index (κ2) is 28.8. The summed E-state index contributed by atoms with van der Waals surface area (Å²) >= 11 is 0. The van der Waals surface area contributed by atoms with Gasteiger partial charge in [-0.25, -0.2) is 8.42 Å². The van der Waals surface area contributed by atoms with Crippen LogP contribution in [0.5, 0.6) is 0 Å². The van der Waals surface area contributed by atoms with Gasteiger partial charge in [-0.15, -0.1) is 0 Å². The Labute approximate surface area is 514 Å². The molecule has 2 aliphatic rings. The third-order valence-electron chi connectivity index (χ3n) is 16.3. The van der Waals surface area contributed by atoms with Crippen molar-refractivity contribution in [2.45, 2.75) is 97.4 Å². The molecule has 16 nitrogen and oxygen atoms in total. The molecular formula is C67H79B2N5O11S2. The van der Waals surface area contributed by atoms with Crippen LogP contribution in [0, 0.1) is 0 Å². The summed E-state index contributed by atoms with van der Waals surface area (Å²) in [5.74, 6) is -1.09. The number of amides is 1. The number of hydrogen-bond donors (Lipinski definition) is 6. The van der Waals surface area contributed by atoms with Crippen molar-refractivity contribution in [1.82, 2.24) is 15.1 Å². The molecule has 0 radical (unpaired) electrons. The van der Waals surface area contributed by atoms with E-state index in [0.717, 1.165) is 72.9 Å². The topological polar surface area (TPSA) is 234 Å². The van der Waals surface area contributed by atoms with E-state index >= 15 is 0 Å². The Morgan fingerprint density at radius 2 is 1.20 bits per heavy atom. The number of allylic oxidation sites excluding steroid dienone is 6. The highest BCUT2D eigenvalue weighted by Crippen LogP contribution is 2.48. The molecule has 6 aromatic rings. The zero-order valence-corrected chi connectivity index (χ0v) is 51.9. The van der Waals surface area contributed by atoms with E-state index in [1.807, 2.05) is 60.7 Å². The lowest BCUT2D eigenvalue weighted by molar-refractivity contribution is -0.437. The predicted octanol–water partition coefficient (Wildman–Crippen LogP) is 7.24. The molecule has 0 saturated heterocycles. The van der Waals surface area contributed by atoms with Gasteiger partial charge in [-0.05, 0) is 107 Å². The summed E-state index contributed by atoms with van der Waals surface area (Å²) < 4.78 is 71.1. The molecule has 456 valence electrons. The Balaban J connectivity index is 1.12. The van der Waals surface area contributed by atoms with Crippen molar-refractivity contribution >= 4 is 74.0 Å². The number of nitrogens with one attached hydrogen (secondary N) is 1. The SMILES string of the molecule is C=C(C)C(=O)NCCCN(Cc1ccc(CN(Cc2ccc(C(=C\C=C3/N(CCCS(=O)(=O)O)c4ccccc4C3(C)C)/C=C/C3=[N+](CCCS(=O)(=O)[O-])c4ccccc4C3(C)C)cc2)Cc2ccccc2B(O)O)cc1)Cc1ccccc1B(O)O. The minimum absolute atomic E-state index is 0.135. The highest BCUT2D eigenvalue weighted by Gasteiger charge is 2.44. The largest absolute Gasteiger partial charge is 0.748 e. The molecular weight excluding hydrogens is 1140 g/mol. The van der Waals surface area contributed by atoms with Crippen LogP contribution in [0.15, 0.2) is 188 Å². The summed E-state index contributed by atoms with van der Waals surface area (Å²) in [6.45, 7) is 18.0. The average Bonchev–Trinajstić information content (AvgIpc) is 1.70. The third-order valence-corrected chi connectivity index (χ3v) is 17.9. The molecule has 87 heavy (non-hydrogen) atoms. The molecule has 1 amide bonds. The fourth-order valence-corrected chi connectivity index (χ4v) is 12.8. The lowest BCUT2D eigenvalue weighted by atomic mass is 9.77. The van der Waals surface area contributed by atoms with E-state index in [2.05, 4.69) is 144 Å². The highest BCUT2D eigenvalue weighted by molar-refractivity contribution is 7.85. The second-order valence-electron chi connectivity index (χ2n) is 23.6. The van der Waals surface area contributed by atoms with Gasteiger partial charge in [0.1, 0.15) is 6.54 Å². The number of carbonyl (C=O) groups is 1. The van der Waals surface area contributed by atoms with E-state index in [9.17, 15) is 50.8 Å². The van der Waals surface area contributed by atoms with Crippen LogP contribution >= 0.6 is 0 Å². The fraction of sp³-hybridized carbons (Fsp3) is 0.313. The first kappa shape index (κ1) is 65.9. The van der Waals surface area contributed by atoms with Crippen LogP contribution in [0.3, 0.4) is 0 Å². The van der Waals surface area contributed by atoms with Gasteiger partial charge >= 0.3 is 14.2 Å². The normalized spacial score (nSPS) is 15.2. The van der Waals surface area contributed by atoms with Gasteiger partial charge in [0.25, 0.3) is 10.1 Å². The van der Waals surface area contributed by atoms with Gasteiger partial charge in [0.15, 0.2) is 5.71 Å². The first-order valence-corrected chi connectivity index (χ1v) is 32.5. The molecule has 20 heteroatoms. The Morgan fingerprint density at radius 3 is 1.77 bits per heavy atom. The number of fused-ring (bicyclic) bond motifs is 2. The van der Waals surface area contributed by atoms with Gasteiger partial charge in [-0.3, -0.25) is 19.1 Å². The average molecular weight is 1220 g/mol. The summed E-state index contributed by atoms with van der Waals surface area (Å²) in [4.78, 5) is 18.8. The smallest absolute Gasteiger partial charge is 0.488 e.